The molecule has 7 aromatic carbocycles. The smallest absolute Gasteiger partial charge is 0.136 e. The second-order valence-electron chi connectivity index (χ2n) is 11.8. The van der Waals surface area contributed by atoms with Crippen LogP contribution >= 0.6 is 0 Å². The molecular weight excluding hydrogens is 472 g/mol. The fraction of sp³-hybridized carbons (Fsp3) is 0.105. The summed E-state index contributed by atoms with van der Waals surface area (Å²) in [4.78, 5) is 0. The van der Waals surface area contributed by atoms with Crippen LogP contribution in [0.25, 0.3) is 76.5 Å². The van der Waals surface area contributed by atoms with Gasteiger partial charge in [0, 0.05) is 10.8 Å². The number of rotatable bonds is 2. The lowest BCUT2D eigenvalue weighted by Crippen LogP contribution is -2.10. The third-order valence-electron chi connectivity index (χ3n) is 8.35. The molecule has 0 saturated carbocycles. The Balaban J connectivity index is 1.33. The Morgan fingerprint density at radius 1 is 0.462 bits per heavy atom. The van der Waals surface area contributed by atoms with Crippen molar-refractivity contribution in [2.45, 2.75) is 26.2 Å². The van der Waals surface area contributed by atoms with Crippen molar-refractivity contribution in [3.63, 3.8) is 0 Å². The van der Waals surface area contributed by atoms with Crippen LogP contribution in [0, 0.1) is 0 Å². The summed E-state index contributed by atoms with van der Waals surface area (Å²) >= 11 is 0. The van der Waals surface area contributed by atoms with E-state index >= 15 is 0 Å². The molecule has 0 aliphatic carbocycles. The maximum Gasteiger partial charge on any atom is 0.136 e. The second kappa shape index (κ2) is 7.94. The van der Waals surface area contributed by atoms with Crippen molar-refractivity contribution < 1.29 is 4.42 Å². The maximum absolute atomic E-state index is 6.32. The van der Waals surface area contributed by atoms with Gasteiger partial charge in [-0.15, -0.1) is 0 Å². The Morgan fingerprint density at radius 2 is 1.15 bits per heavy atom. The number of hydrogen-bond donors (Lipinski definition) is 0. The molecule has 0 aliphatic heterocycles. The van der Waals surface area contributed by atoms with Gasteiger partial charge in [0.2, 0.25) is 0 Å². The van der Waals surface area contributed by atoms with Gasteiger partial charge < -0.3 is 4.42 Å². The molecular formula is C38H28O. The van der Waals surface area contributed by atoms with Crippen molar-refractivity contribution in [3.8, 4) is 22.3 Å². The first-order valence-electron chi connectivity index (χ1n) is 13.7. The highest BCUT2D eigenvalue weighted by Gasteiger charge is 2.18. The first-order chi connectivity index (χ1) is 18.9. The summed E-state index contributed by atoms with van der Waals surface area (Å²) in [6, 6.07) is 42.1. The number of fused-ring (bicyclic) bond motifs is 3. The monoisotopic (exact) mass is 500 g/mol. The molecule has 1 heteroatoms. The standard InChI is InChI=1S/C38H28O/c1-38(2,3)29-19-27-10-9-24-11-15-30(32-17-13-28(20-29)36(27)37(24)32)26-14-18-34-33(21-26)31-16-12-25(22-35(31)39-34)23-7-5-4-6-8-23/h4-22H,1-3H3. The molecule has 0 radical (unpaired) electrons. The van der Waals surface area contributed by atoms with Crippen LogP contribution in [-0.2, 0) is 5.41 Å². The molecule has 0 atom stereocenters. The van der Waals surface area contributed by atoms with E-state index in [0.717, 1.165) is 21.9 Å². The summed E-state index contributed by atoms with van der Waals surface area (Å²) in [5, 5.41) is 10.2. The molecule has 0 unspecified atom stereocenters. The summed E-state index contributed by atoms with van der Waals surface area (Å²) in [5.41, 5.74) is 8.17. The normalized spacial score (nSPS) is 12.5. The van der Waals surface area contributed by atoms with Gasteiger partial charge in [-0.3, -0.25) is 0 Å². The van der Waals surface area contributed by atoms with Gasteiger partial charge in [0.05, 0.1) is 0 Å². The van der Waals surface area contributed by atoms with E-state index < -0.39 is 0 Å². The van der Waals surface area contributed by atoms with Crippen LogP contribution in [0.3, 0.4) is 0 Å². The Hall–Kier alpha value is -4.62. The zero-order valence-electron chi connectivity index (χ0n) is 22.4. The number of hydrogen-bond acceptors (Lipinski definition) is 1. The van der Waals surface area contributed by atoms with E-state index in [1.165, 1.54) is 60.1 Å². The van der Waals surface area contributed by atoms with Crippen molar-refractivity contribution in [2.24, 2.45) is 0 Å². The zero-order valence-corrected chi connectivity index (χ0v) is 22.4. The summed E-state index contributed by atoms with van der Waals surface area (Å²) in [6.07, 6.45) is 0. The predicted molar refractivity (Wildman–Crippen MR) is 167 cm³/mol. The van der Waals surface area contributed by atoms with Crippen LogP contribution in [0.5, 0.6) is 0 Å². The lowest BCUT2D eigenvalue weighted by molar-refractivity contribution is 0.591. The molecule has 0 spiro atoms. The summed E-state index contributed by atoms with van der Waals surface area (Å²) in [6.45, 7) is 6.86. The van der Waals surface area contributed by atoms with Gasteiger partial charge in [-0.2, -0.15) is 0 Å². The van der Waals surface area contributed by atoms with Gasteiger partial charge >= 0.3 is 0 Å². The largest absolute Gasteiger partial charge is 0.456 e. The van der Waals surface area contributed by atoms with E-state index in [4.69, 9.17) is 4.42 Å². The number of furan rings is 1. The SMILES string of the molecule is CC(C)(C)c1cc2ccc3ccc(-c4ccc5oc6cc(-c7ccccc7)ccc6c5c4)c4ccc(c1)c2c34. The van der Waals surface area contributed by atoms with E-state index in [1.807, 2.05) is 6.07 Å². The van der Waals surface area contributed by atoms with Crippen LogP contribution in [0.2, 0.25) is 0 Å². The van der Waals surface area contributed by atoms with Gasteiger partial charge in [0.25, 0.3) is 0 Å². The number of benzene rings is 7. The molecule has 0 fully saturated rings. The molecule has 1 heterocycles. The minimum Gasteiger partial charge on any atom is -0.456 e. The van der Waals surface area contributed by atoms with Crippen LogP contribution in [0.4, 0.5) is 0 Å². The highest BCUT2D eigenvalue weighted by atomic mass is 16.3. The van der Waals surface area contributed by atoms with E-state index in [2.05, 4.69) is 130 Å². The molecule has 39 heavy (non-hydrogen) atoms. The van der Waals surface area contributed by atoms with E-state index in [9.17, 15) is 0 Å². The lowest BCUT2D eigenvalue weighted by Gasteiger charge is -2.22. The minimum absolute atomic E-state index is 0.111. The predicted octanol–water partition coefficient (Wildman–Crippen LogP) is 11.1. The van der Waals surface area contributed by atoms with Crippen LogP contribution in [-0.4, -0.2) is 0 Å². The molecule has 0 saturated heterocycles. The second-order valence-corrected chi connectivity index (χ2v) is 11.8. The van der Waals surface area contributed by atoms with Crippen LogP contribution in [0.15, 0.2) is 120 Å². The van der Waals surface area contributed by atoms with Gasteiger partial charge in [-0.1, -0.05) is 112 Å². The fourth-order valence-electron chi connectivity index (χ4n) is 6.26. The summed E-state index contributed by atoms with van der Waals surface area (Å²) in [5.74, 6) is 0. The molecule has 0 N–H and O–H groups in total. The molecule has 1 nitrogen and oxygen atoms in total. The van der Waals surface area contributed by atoms with E-state index in [0.29, 0.717) is 0 Å². The molecule has 1 aromatic heterocycles. The highest BCUT2D eigenvalue weighted by molar-refractivity contribution is 6.25. The maximum atomic E-state index is 6.32. The first-order valence-corrected chi connectivity index (χ1v) is 13.7. The van der Waals surface area contributed by atoms with Crippen molar-refractivity contribution in [3.05, 3.63) is 121 Å². The quantitative estimate of drug-likeness (QED) is 0.215. The van der Waals surface area contributed by atoms with E-state index in [1.54, 1.807) is 0 Å². The van der Waals surface area contributed by atoms with Crippen molar-refractivity contribution in [1.29, 1.82) is 0 Å². The van der Waals surface area contributed by atoms with E-state index in [-0.39, 0.29) is 5.41 Å². The zero-order chi connectivity index (χ0) is 26.3. The third kappa shape index (κ3) is 3.40. The van der Waals surface area contributed by atoms with Gasteiger partial charge in [0.15, 0.2) is 0 Å². The molecule has 8 rings (SSSR count). The molecule has 0 bridgehead atoms. The average molecular weight is 501 g/mol. The van der Waals surface area contributed by atoms with Gasteiger partial charge in [-0.05, 0) is 89.8 Å². The summed E-state index contributed by atoms with van der Waals surface area (Å²) in [7, 11) is 0. The third-order valence-corrected chi connectivity index (χ3v) is 8.35. The molecule has 0 aliphatic rings. The topological polar surface area (TPSA) is 13.1 Å². The Morgan fingerprint density at radius 3 is 1.95 bits per heavy atom. The Kier molecular flexibility index (Phi) is 4.56. The highest BCUT2D eigenvalue weighted by Crippen LogP contribution is 2.42. The summed E-state index contributed by atoms with van der Waals surface area (Å²) < 4.78 is 6.32. The Bertz CT molecular complexity index is 2170. The van der Waals surface area contributed by atoms with Crippen molar-refractivity contribution in [2.75, 3.05) is 0 Å². The minimum atomic E-state index is 0.111. The average Bonchev–Trinajstić information content (AvgIpc) is 3.32. The van der Waals surface area contributed by atoms with Crippen molar-refractivity contribution in [1.82, 2.24) is 0 Å². The van der Waals surface area contributed by atoms with Crippen molar-refractivity contribution >= 4 is 54.3 Å². The lowest BCUT2D eigenvalue weighted by atomic mass is 9.83. The molecule has 186 valence electrons. The fourth-order valence-corrected chi connectivity index (χ4v) is 6.26. The molecule has 8 aromatic rings. The van der Waals surface area contributed by atoms with Crippen LogP contribution in [0.1, 0.15) is 26.3 Å². The first kappa shape index (κ1) is 22.4. The molecule has 0 amide bonds. The van der Waals surface area contributed by atoms with Gasteiger partial charge in [0.1, 0.15) is 11.2 Å². The van der Waals surface area contributed by atoms with Crippen LogP contribution < -0.4 is 0 Å². The van der Waals surface area contributed by atoms with Gasteiger partial charge in [-0.25, -0.2) is 0 Å². The Labute approximate surface area is 227 Å².